The summed E-state index contributed by atoms with van der Waals surface area (Å²) in [4.78, 5) is 27.2. The van der Waals surface area contributed by atoms with Crippen LogP contribution in [0.1, 0.15) is 12.8 Å². The standard InChI is InChI=1S/C25H28N6O3S/c1-33-21-14-19-20(15-22(21)34-2)26-16-27-24(19)29-10-12-30(13-11-29)25(35)28-17-5-7-18(8-6-17)31-9-3-4-23(31)32/h5-8,14-16H,3-4,9-13H2,1-2H3,(H,28,35). The van der Waals surface area contributed by atoms with Gasteiger partial charge in [0, 0.05) is 62.0 Å². The van der Waals surface area contributed by atoms with Crippen LogP contribution in [0.15, 0.2) is 42.7 Å². The number of carbonyl (C=O) groups excluding carboxylic acids is 1. The highest BCUT2D eigenvalue weighted by Crippen LogP contribution is 2.35. The molecular weight excluding hydrogens is 464 g/mol. The number of thiocarbonyl (C=S) groups is 1. The zero-order valence-electron chi connectivity index (χ0n) is 19.9. The fourth-order valence-corrected chi connectivity index (χ4v) is 4.89. The molecule has 9 nitrogen and oxygen atoms in total. The van der Waals surface area contributed by atoms with Gasteiger partial charge in [0.05, 0.1) is 19.7 Å². The van der Waals surface area contributed by atoms with Gasteiger partial charge >= 0.3 is 0 Å². The molecule has 1 aromatic heterocycles. The molecule has 0 aliphatic carbocycles. The smallest absolute Gasteiger partial charge is 0.227 e. The zero-order valence-corrected chi connectivity index (χ0v) is 20.7. The van der Waals surface area contributed by atoms with E-state index < -0.39 is 0 Å². The Bertz CT molecular complexity index is 1240. The van der Waals surface area contributed by atoms with E-state index in [1.165, 1.54) is 0 Å². The van der Waals surface area contributed by atoms with Crippen LogP contribution in [0.5, 0.6) is 11.5 Å². The summed E-state index contributed by atoms with van der Waals surface area (Å²) >= 11 is 5.68. The van der Waals surface area contributed by atoms with E-state index in [-0.39, 0.29) is 5.91 Å². The van der Waals surface area contributed by atoms with Gasteiger partial charge in [0.15, 0.2) is 16.6 Å². The molecule has 1 N–H and O–H groups in total. The monoisotopic (exact) mass is 492 g/mol. The van der Waals surface area contributed by atoms with E-state index in [2.05, 4.69) is 25.1 Å². The number of methoxy groups -OCH3 is 2. The first-order chi connectivity index (χ1) is 17.1. The fraction of sp³-hybridized carbons (Fsp3) is 0.360. The van der Waals surface area contributed by atoms with Gasteiger partial charge in [-0.2, -0.15) is 0 Å². The normalized spacial score (nSPS) is 16.1. The van der Waals surface area contributed by atoms with Gasteiger partial charge in [-0.05, 0) is 49.0 Å². The van der Waals surface area contributed by atoms with Crippen LogP contribution in [0.3, 0.4) is 0 Å². The number of fused-ring (bicyclic) bond motifs is 1. The molecular formula is C25H28N6O3S. The molecule has 2 saturated heterocycles. The van der Waals surface area contributed by atoms with Crippen molar-refractivity contribution in [1.82, 2.24) is 14.9 Å². The van der Waals surface area contributed by atoms with Crippen molar-refractivity contribution in [3.8, 4) is 11.5 Å². The summed E-state index contributed by atoms with van der Waals surface area (Å²) in [6.45, 7) is 3.88. The molecule has 0 saturated carbocycles. The van der Waals surface area contributed by atoms with Crippen LogP contribution >= 0.6 is 12.2 Å². The molecule has 2 aromatic carbocycles. The maximum atomic E-state index is 12.0. The van der Waals surface area contributed by atoms with Gasteiger partial charge in [0.2, 0.25) is 5.91 Å². The van der Waals surface area contributed by atoms with Gasteiger partial charge in [-0.15, -0.1) is 0 Å². The lowest BCUT2D eigenvalue weighted by Crippen LogP contribution is -2.50. The SMILES string of the molecule is COc1cc2ncnc(N3CCN(C(=S)Nc4ccc(N5CCCC5=O)cc4)CC3)c2cc1OC. The number of nitrogens with zero attached hydrogens (tertiary/aromatic N) is 5. The second kappa shape index (κ2) is 9.91. The zero-order chi connectivity index (χ0) is 24.4. The number of nitrogens with one attached hydrogen (secondary N) is 1. The van der Waals surface area contributed by atoms with E-state index in [4.69, 9.17) is 21.7 Å². The second-order valence-corrected chi connectivity index (χ2v) is 8.91. The maximum absolute atomic E-state index is 12.0. The molecule has 0 spiro atoms. The Morgan fingerprint density at radius 1 is 0.971 bits per heavy atom. The Labute approximate surface area is 209 Å². The molecule has 35 heavy (non-hydrogen) atoms. The number of ether oxygens (including phenoxy) is 2. The molecule has 2 fully saturated rings. The van der Waals surface area contributed by atoms with E-state index in [1.807, 2.05) is 41.3 Å². The fourth-order valence-electron chi connectivity index (χ4n) is 4.59. The van der Waals surface area contributed by atoms with Gasteiger partial charge in [-0.1, -0.05) is 0 Å². The van der Waals surface area contributed by atoms with E-state index >= 15 is 0 Å². The van der Waals surface area contributed by atoms with Gasteiger partial charge in [-0.25, -0.2) is 9.97 Å². The highest BCUT2D eigenvalue weighted by Gasteiger charge is 2.23. The number of aromatic nitrogens is 2. The summed E-state index contributed by atoms with van der Waals surface area (Å²) in [7, 11) is 3.24. The number of rotatable bonds is 5. The molecule has 2 aliphatic rings. The third-order valence-electron chi connectivity index (χ3n) is 6.49. The Morgan fingerprint density at radius 3 is 2.34 bits per heavy atom. The van der Waals surface area contributed by atoms with Gasteiger partial charge < -0.3 is 29.5 Å². The van der Waals surface area contributed by atoms with Crippen molar-refractivity contribution >= 4 is 51.3 Å². The van der Waals surface area contributed by atoms with Crippen molar-refractivity contribution in [2.45, 2.75) is 12.8 Å². The lowest BCUT2D eigenvalue weighted by atomic mass is 10.2. The van der Waals surface area contributed by atoms with Crippen LogP contribution in [0.4, 0.5) is 17.2 Å². The molecule has 1 amide bonds. The average Bonchev–Trinajstić information content (AvgIpc) is 3.33. The Hall–Kier alpha value is -3.66. The highest BCUT2D eigenvalue weighted by atomic mass is 32.1. The highest BCUT2D eigenvalue weighted by molar-refractivity contribution is 7.80. The van der Waals surface area contributed by atoms with Crippen molar-refractivity contribution < 1.29 is 14.3 Å². The number of carbonyl (C=O) groups is 1. The minimum atomic E-state index is 0.188. The van der Waals surface area contributed by atoms with Gasteiger partial charge in [0.25, 0.3) is 0 Å². The number of piperazine rings is 1. The van der Waals surface area contributed by atoms with Crippen LogP contribution in [0, 0.1) is 0 Å². The molecule has 2 aliphatic heterocycles. The van der Waals surface area contributed by atoms with Crippen molar-refractivity contribution in [2.75, 3.05) is 62.1 Å². The Kier molecular flexibility index (Phi) is 6.54. The van der Waals surface area contributed by atoms with Crippen molar-refractivity contribution in [2.24, 2.45) is 0 Å². The third kappa shape index (κ3) is 4.66. The minimum Gasteiger partial charge on any atom is -0.493 e. The Morgan fingerprint density at radius 2 is 1.69 bits per heavy atom. The number of hydrogen-bond donors (Lipinski definition) is 1. The number of anilines is 3. The van der Waals surface area contributed by atoms with Gasteiger partial charge in [-0.3, -0.25) is 4.79 Å². The molecule has 0 unspecified atom stereocenters. The maximum Gasteiger partial charge on any atom is 0.227 e. The average molecular weight is 493 g/mol. The number of benzene rings is 2. The summed E-state index contributed by atoms with van der Waals surface area (Å²) in [5, 5.41) is 4.95. The number of hydrogen-bond acceptors (Lipinski definition) is 7. The molecule has 3 aromatic rings. The van der Waals surface area contributed by atoms with E-state index in [0.717, 1.165) is 67.2 Å². The van der Waals surface area contributed by atoms with Crippen LogP contribution in [-0.4, -0.2) is 72.8 Å². The quantitative estimate of drug-likeness (QED) is 0.540. The molecule has 5 rings (SSSR count). The molecule has 10 heteroatoms. The molecule has 0 radical (unpaired) electrons. The predicted molar refractivity (Wildman–Crippen MR) is 141 cm³/mol. The first-order valence-electron chi connectivity index (χ1n) is 11.7. The van der Waals surface area contributed by atoms with Crippen LogP contribution in [0.25, 0.3) is 10.9 Å². The topological polar surface area (TPSA) is 83.1 Å². The number of amides is 1. The molecule has 3 heterocycles. The third-order valence-corrected chi connectivity index (χ3v) is 6.85. The first-order valence-corrected chi connectivity index (χ1v) is 12.1. The molecule has 0 bridgehead atoms. The van der Waals surface area contributed by atoms with E-state index in [9.17, 15) is 4.79 Å². The summed E-state index contributed by atoms with van der Waals surface area (Å²) in [6, 6.07) is 11.7. The van der Waals surface area contributed by atoms with Crippen LogP contribution in [-0.2, 0) is 4.79 Å². The lowest BCUT2D eigenvalue weighted by molar-refractivity contribution is -0.117. The minimum absolute atomic E-state index is 0.188. The summed E-state index contributed by atoms with van der Waals surface area (Å²) in [5.74, 6) is 2.36. The lowest BCUT2D eigenvalue weighted by Gasteiger charge is -2.37. The van der Waals surface area contributed by atoms with Crippen LogP contribution in [0.2, 0.25) is 0 Å². The molecule has 0 atom stereocenters. The summed E-state index contributed by atoms with van der Waals surface area (Å²) in [5.41, 5.74) is 2.66. The van der Waals surface area contributed by atoms with Crippen molar-refractivity contribution in [3.05, 3.63) is 42.7 Å². The van der Waals surface area contributed by atoms with Crippen LogP contribution < -0.4 is 24.6 Å². The molecule has 182 valence electrons. The predicted octanol–water partition coefficient (Wildman–Crippen LogP) is 3.29. The summed E-state index contributed by atoms with van der Waals surface area (Å²) < 4.78 is 10.9. The van der Waals surface area contributed by atoms with Gasteiger partial charge in [0.1, 0.15) is 12.1 Å². The first kappa shape index (κ1) is 23.1. The van der Waals surface area contributed by atoms with Crippen molar-refractivity contribution in [3.63, 3.8) is 0 Å². The Balaban J connectivity index is 1.23. The van der Waals surface area contributed by atoms with E-state index in [1.54, 1.807) is 20.5 Å². The van der Waals surface area contributed by atoms with Crippen molar-refractivity contribution in [1.29, 1.82) is 0 Å². The second-order valence-electron chi connectivity index (χ2n) is 8.52. The summed E-state index contributed by atoms with van der Waals surface area (Å²) in [6.07, 6.45) is 3.13. The van der Waals surface area contributed by atoms with E-state index in [0.29, 0.717) is 23.0 Å². The largest absolute Gasteiger partial charge is 0.493 e.